The van der Waals surface area contributed by atoms with Gasteiger partial charge in [0.05, 0.1) is 12.1 Å². The lowest BCUT2D eigenvalue weighted by Crippen LogP contribution is -2.40. The van der Waals surface area contributed by atoms with Crippen LogP contribution in [0.25, 0.3) is 0 Å². The minimum atomic E-state index is -1.15. The van der Waals surface area contributed by atoms with Crippen LogP contribution in [0.15, 0.2) is 18.3 Å². The van der Waals surface area contributed by atoms with Gasteiger partial charge in [-0.15, -0.1) is 0 Å². The van der Waals surface area contributed by atoms with Crippen LogP contribution in [0, 0.1) is 0 Å². The lowest BCUT2D eigenvalue weighted by atomic mass is 10.1. The Morgan fingerprint density at radius 2 is 2.37 bits per heavy atom. The van der Waals surface area contributed by atoms with Crippen molar-refractivity contribution in [3.8, 4) is 0 Å². The quantitative estimate of drug-likeness (QED) is 0.849. The van der Waals surface area contributed by atoms with Gasteiger partial charge >= 0.3 is 5.97 Å². The van der Waals surface area contributed by atoms with Crippen molar-refractivity contribution in [2.75, 3.05) is 6.61 Å². The van der Waals surface area contributed by atoms with E-state index in [1.165, 1.54) is 18.3 Å². The molecule has 1 fully saturated rings. The maximum atomic E-state index is 12.0. The molecule has 6 nitrogen and oxygen atoms in total. The van der Waals surface area contributed by atoms with E-state index in [1.54, 1.807) is 0 Å². The van der Waals surface area contributed by atoms with Crippen molar-refractivity contribution in [1.29, 1.82) is 0 Å². The molecule has 2 atom stereocenters. The summed E-state index contributed by atoms with van der Waals surface area (Å²) < 4.78 is 5.49. The van der Waals surface area contributed by atoms with Crippen molar-refractivity contribution in [3.05, 3.63) is 29.6 Å². The zero-order valence-corrected chi connectivity index (χ0v) is 10.6. The summed E-state index contributed by atoms with van der Waals surface area (Å²) in [7, 11) is 0. The van der Waals surface area contributed by atoms with Gasteiger partial charge in [0.2, 0.25) is 0 Å². The summed E-state index contributed by atoms with van der Waals surface area (Å²) >= 11 is 0. The van der Waals surface area contributed by atoms with Crippen molar-refractivity contribution in [3.63, 3.8) is 0 Å². The largest absolute Gasteiger partial charge is 0.477 e. The molecule has 2 N–H and O–H groups in total. The van der Waals surface area contributed by atoms with Crippen LogP contribution in [0.4, 0.5) is 0 Å². The van der Waals surface area contributed by atoms with Crippen molar-refractivity contribution in [2.45, 2.75) is 31.9 Å². The second-order valence-corrected chi connectivity index (χ2v) is 4.55. The maximum Gasteiger partial charge on any atom is 0.354 e. The Balaban J connectivity index is 2.02. The highest BCUT2D eigenvalue weighted by molar-refractivity contribution is 5.96. The Labute approximate surface area is 110 Å². The molecule has 1 aliphatic heterocycles. The first-order valence-electron chi connectivity index (χ1n) is 6.20. The average Bonchev–Trinajstić information content (AvgIpc) is 2.92. The van der Waals surface area contributed by atoms with E-state index in [0.717, 1.165) is 19.4 Å². The molecule has 0 radical (unpaired) electrons. The molecule has 1 aromatic rings. The van der Waals surface area contributed by atoms with Gasteiger partial charge in [-0.1, -0.05) is 0 Å². The van der Waals surface area contributed by atoms with Gasteiger partial charge < -0.3 is 15.2 Å². The van der Waals surface area contributed by atoms with Gasteiger partial charge in [0.15, 0.2) is 0 Å². The van der Waals surface area contributed by atoms with Crippen molar-refractivity contribution < 1.29 is 19.4 Å². The van der Waals surface area contributed by atoms with Gasteiger partial charge in [-0.05, 0) is 31.9 Å². The molecule has 1 aliphatic rings. The van der Waals surface area contributed by atoms with Crippen molar-refractivity contribution in [2.24, 2.45) is 0 Å². The van der Waals surface area contributed by atoms with E-state index in [4.69, 9.17) is 9.84 Å². The van der Waals surface area contributed by atoms with E-state index in [1.807, 2.05) is 6.92 Å². The predicted octanol–water partition coefficient (Wildman–Crippen LogP) is 1.08. The fraction of sp³-hybridized carbons (Fsp3) is 0.462. The van der Waals surface area contributed by atoms with Crippen LogP contribution in [0.3, 0.4) is 0 Å². The molecule has 102 valence electrons. The predicted molar refractivity (Wildman–Crippen MR) is 67.1 cm³/mol. The number of rotatable bonds is 4. The van der Waals surface area contributed by atoms with E-state index in [-0.39, 0.29) is 29.3 Å². The molecule has 0 aliphatic carbocycles. The first-order chi connectivity index (χ1) is 9.08. The molecule has 1 amide bonds. The highest BCUT2D eigenvalue weighted by atomic mass is 16.5. The molecule has 1 saturated heterocycles. The van der Waals surface area contributed by atoms with E-state index >= 15 is 0 Å². The summed E-state index contributed by atoms with van der Waals surface area (Å²) in [5.74, 6) is -1.46. The summed E-state index contributed by atoms with van der Waals surface area (Å²) in [5.41, 5.74) is 0.148. The number of carbonyl (C=O) groups is 2. The Morgan fingerprint density at radius 3 is 3.00 bits per heavy atom. The fourth-order valence-electron chi connectivity index (χ4n) is 2.07. The van der Waals surface area contributed by atoms with Gasteiger partial charge in [-0.3, -0.25) is 4.79 Å². The van der Waals surface area contributed by atoms with Crippen LogP contribution in [0.2, 0.25) is 0 Å². The van der Waals surface area contributed by atoms with Crippen LogP contribution < -0.4 is 5.32 Å². The smallest absolute Gasteiger partial charge is 0.354 e. The molecule has 0 bridgehead atoms. The standard InChI is InChI=1S/C13H16N2O4/c1-8(11-3-2-6-19-11)15-12(16)9-4-5-14-10(7-9)13(17)18/h4-5,7-8,11H,2-3,6H2,1H3,(H,15,16)(H,17,18). The lowest BCUT2D eigenvalue weighted by Gasteiger charge is -2.19. The molecule has 6 heteroatoms. The second-order valence-electron chi connectivity index (χ2n) is 4.55. The lowest BCUT2D eigenvalue weighted by molar-refractivity contribution is 0.0690. The number of carboxylic acids is 1. The molecular weight excluding hydrogens is 248 g/mol. The van der Waals surface area contributed by atoms with Crippen molar-refractivity contribution >= 4 is 11.9 Å². The Morgan fingerprint density at radius 1 is 1.58 bits per heavy atom. The average molecular weight is 264 g/mol. The number of nitrogens with one attached hydrogen (secondary N) is 1. The third-order valence-corrected chi connectivity index (χ3v) is 3.12. The van der Waals surface area contributed by atoms with Gasteiger partial charge in [0.1, 0.15) is 5.69 Å². The number of amides is 1. The highest BCUT2D eigenvalue weighted by Gasteiger charge is 2.24. The Kier molecular flexibility index (Phi) is 4.11. The number of ether oxygens (including phenoxy) is 1. The molecule has 0 spiro atoms. The summed E-state index contributed by atoms with van der Waals surface area (Å²) in [6.07, 6.45) is 3.28. The molecule has 0 aromatic carbocycles. The molecule has 2 heterocycles. The summed E-state index contributed by atoms with van der Waals surface area (Å²) in [6.45, 7) is 2.61. The Hall–Kier alpha value is -1.95. The molecule has 19 heavy (non-hydrogen) atoms. The number of pyridine rings is 1. The monoisotopic (exact) mass is 264 g/mol. The third kappa shape index (κ3) is 3.29. The second kappa shape index (κ2) is 5.79. The summed E-state index contributed by atoms with van der Waals surface area (Å²) in [4.78, 5) is 26.5. The number of carbonyl (C=O) groups excluding carboxylic acids is 1. The SMILES string of the molecule is CC(NC(=O)c1ccnc(C(=O)O)c1)C1CCCO1. The number of hydrogen-bond acceptors (Lipinski definition) is 4. The van der Waals surface area contributed by atoms with Gasteiger partial charge in [-0.2, -0.15) is 0 Å². The zero-order chi connectivity index (χ0) is 13.8. The van der Waals surface area contributed by atoms with Crippen molar-refractivity contribution in [1.82, 2.24) is 10.3 Å². The number of aromatic nitrogens is 1. The molecule has 2 rings (SSSR count). The van der Waals surface area contributed by atoms with Crippen LogP contribution in [0.1, 0.15) is 40.6 Å². The zero-order valence-electron chi connectivity index (χ0n) is 10.6. The molecule has 0 saturated carbocycles. The number of carboxylic acid groups (broad SMARTS) is 1. The molecule has 2 unspecified atom stereocenters. The molecule has 1 aromatic heterocycles. The van der Waals surface area contributed by atoms with E-state index < -0.39 is 5.97 Å². The minimum Gasteiger partial charge on any atom is -0.477 e. The topological polar surface area (TPSA) is 88.5 Å². The normalized spacial score (nSPS) is 19.9. The Bertz CT molecular complexity index is 483. The third-order valence-electron chi connectivity index (χ3n) is 3.12. The van der Waals surface area contributed by atoms with E-state index in [2.05, 4.69) is 10.3 Å². The molecular formula is C13H16N2O4. The fourth-order valence-corrected chi connectivity index (χ4v) is 2.07. The van der Waals surface area contributed by atoms with E-state index in [9.17, 15) is 9.59 Å². The van der Waals surface area contributed by atoms with Gasteiger partial charge in [0.25, 0.3) is 5.91 Å². The number of aromatic carboxylic acids is 1. The van der Waals surface area contributed by atoms with Crippen LogP contribution in [0.5, 0.6) is 0 Å². The summed E-state index contributed by atoms with van der Waals surface area (Å²) in [5, 5.41) is 11.7. The number of nitrogens with zero attached hydrogens (tertiary/aromatic N) is 1. The van der Waals surface area contributed by atoms with E-state index in [0.29, 0.717) is 0 Å². The van der Waals surface area contributed by atoms with Gasteiger partial charge in [0, 0.05) is 18.4 Å². The first-order valence-corrected chi connectivity index (χ1v) is 6.20. The highest BCUT2D eigenvalue weighted by Crippen LogP contribution is 2.15. The van der Waals surface area contributed by atoms with Gasteiger partial charge in [-0.25, -0.2) is 9.78 Å². The maximum absolute atomic E-state index is 12.0. The first kappa shape index (κ1) is 13.5. The van der Waals surface area contributed by atoms with Crippen LogP contribution in [-0.4, -0.2) is 40.7 Å². The minimum absolute atomic E-state index is 0.0322. The van der Waals surface area contributed by atoms with Crippen LogP contribution >= 0.6 is 0 Å². The number of hydrogen-bond donors (Lipinski definition) is 2. The van der Waals surface area contributed by atoms with Crippen LogP contribution in [-0.2, 0) is 4.74 Å². The summed E-state index contributed by atoms with van der Waals surface area (Å²) in [6, 6.07) is 2.65.